The highest BCUT2D eigenvalue weighted by atomic mass is 16.5. The molecule has 4 atom stereocenters. The SMILES string of the molecule is CCC(C)OCCC(C)(C)N(C(C)CNC(C)(C)CCO)C(C)(CC)CCOC(C)CC. The second-order valence-corrected chi connectivity index (χ2v) is 11.3. The molecule has 0 rings (SSSR count). The van der Waals surface area contributed by atoms with Crippen LogP contribution < -0.4 is 5.32 Å². The van der Waals surface area contributed by atoms with E-state index in [1.54, 1.807) is 0 Å². The first-order valence-electron chi connectivity index (χ1n) is 13.2. The summed E-state index contributed by atoms with van der Waals surface area (Å²) in [5, 5.41) is 13.1. The van der Waals surface area contributed by atoms with Gasteiger partial charge in [-0.05, 0) is 93.9 Å². The molecule has 5 heteroatoms. The van der Waals surface area contributed by atoms with Crippen LogP contribution in [-0.4, -0.2) is 71.2 Å². The molecule has 0 saturated heterocycles. The first-order valence-corrected chi connectivity index (χ1v) is 13.2. The Bertz CT molecular complexity index is 484. The van der Waals surface area contributed by atoms with Crippen molar-refractivity contribution in [2.45, 2.75) is 150 Å². The lowest BCUT2D eigenvalue weighted by Gasteiger charge is -2.54. The normalized spacial score (nSPS) is 17.9. The molecular formula is C27H58N2O3. The molecule has 194 valence electrons. The van der Waals surface area contributed by atoms with Gasteiger partial charge >= 0.3 is 0 Å². The van der Waals surface area contributed by atoms with Crippen LogP contribution in [0.1, 0.15) is 115 Å². The van der Waals surface area contributed by atoms with Crippen LogP contribution in [0.25, 0.3) is 0 Å². The van der Waals surface area contributed by atoms with Gasteiger partial charge in [0.25, 0.3) is 0 Å². The maximum Gasteiger partial charge on any atom is 0.0544 e. The fourth-order valence-corrected chi connectivity index (χ4v) is 4.56. The zero-order valence-corrected chi connectivity index (χ0v) is 23.5. The Hall–Kier alpha value is -0.200. The number of hydrogen-bond donors (Lipinski definition) is 2. The molecule has 0 aliphatic carbocycles. The second-order valence-electron chi connectivity index (χ2n) is 11.3. The van der Waals surface area contributed by atoms with Gasteiger partial charge in [0.15, 0.2) is 0 Å². The van der Waals surface area contributed by atoms with Crippen molar-refractivity contribution < 1.29 is 14.6 Å². The first kappa shape index (κ1) is 31.8. The van der Waals surface area contributed by atoms with Crippen LogP contribution in [0.15, 0.2) is 0 Å². The number of aliphatic hydroxyl groups is 1. The molecule has 0 saturated carbocycles. The Morgan fingerprint density at radius 3 is 1.75 bits per heavy atom. The number of aliphatic hydroxyl groups excluding tert-OH is 1. The van der Waals surface area contributed by atoms with Crippen molar-refractivity contribution >= 4 is 0 Å². The third-order valence-corrected chi connectivity index (χ3v) is 7.36. The van der Waals surface area contributed by atoms with Gasteiger partial charge in [0.2, 0.25) is 0 Å². The van der Waals surface area contributed by atoms with Gasteiger partial charge in [0.1, 0.15) is 0 Å². The first-order chi connectivity index (χ1) is 14.8. The van der Waals surface area contributed by atoms with Crippen molar-refractivity contribution in [1.82, 2.24) is 10.2 Å². The summed E-state index contributed by atoms with van der Waals surface area (Å²) < 4.78 is 12.2. The quantitative estimate of drug-likeness (QED) is 0.257. The molecule has 2 N–H and O–H groups in total. The number of nitrogens with zero attached hydrogens (tertiary/aromatic N) is 1. The van der Waals surface area contributed by atoms with Crippen LogP contribution in [0.2, 0.25) is 0 Å². The summed E-state index contributed by atoms with van der Waals surface area (Å²) in [4.78, 5) is 2.72. The highest BCUT2D eigenvalue weighted by molar-refractivity contribution is 4.98. The molecule has 0 aromatic carbocycles. The molecular weight excluding hydrogens is 400 g/mol. The molecule has 32 heavy (non-hydrogen) atoms. The number of hydrogen-bond acceptors (Lipinski definition) is 5. The van der Waals surface area contributed by atoms with Crippen LogP contribution in [0, 0.1) is 0 Å². The summed E-state index contributed by atoms with van der Waals surface area (Å²) in [6, 6.07) is 0.333. The molecule has 0 radical (unpaired) electrons. The lowest BCUT2D eigenvalue weighted by Crippen LogP contribution is -2.63. The summed E-state index contributed by atoms with van der Waals surface area (Å²) in [6.07, 6.45) is 6.52. The predicted molar refractivity (Wildman–Crippen MR) is 139 cm³/mol. The van der Waals surface area contributed by atoms with E-state index in [9.17, 15) is 5.11 Å². The van der Waals surface area contributed by atoms with Crippen molar-refractivity contribution in [2.75, 3.05) is 26.4 Å². The summed E-state index contributed by atoms with van der Waals surface area (Å²) in [5.74, 6) is 0. The van der Waals surface area contributed by atoms with Crippen molar-refractivity contribution in [2.24, 2.45) is 0 Å². The van der Waals surface area contributed by atoms with Gasteiger partial charge in [0, 0.05) is 49.0 Å². The van der Waals surface area contributed by atoms with E-state index in [4.69, 9.17) is 9.47 Å². The second kappa shape index (κ2) is 14.9. The Labute approximate surface area is 201 Å². The van der Waals surface area contributed by atoms with Crippen molar-refractivity contribution in [3.05, 3.63) is 0 Å². The van der Waals surface area contributed by atoms with Crippen molar-refractivity contribution in [3.63, 3.8) is 0 Å². The van der Waals surface area contributed by atoms with Crippen LogP contribution >= 0.6 is 0 Å². The average molecular weight is 459 g/mol. The van der Waals surface area contributed by atoms with Gasteiger partial charge in [-0.3, -0.25) is 4.90 Å². The molecule has 0 aliphatic rings. The Balaban J connectivity index is 5.61. The maximum absolute atomic E-state index is 9.42. The molecule has 0 bridgehead atoms. The van der Waals surface area contributed by atoms with E-state index in [0.717, 1.165) is 58.3 Å². The van der Waals surface area contributed by atoms with Gasteiger partial charge in [-0.25, -0.2) is 0 Å². The van der Waals surface area contributed by atoms with Gasteiger partial charge < -0.3 is 19.9 Å². The number of rotatable bonds is 19. The molecule has 0 amide bonds. The Kier molecular flexibility index (Phi) is 14.8. The number of nitrogens with one attached hydrogen (secondary N) is 1. The molecule has 0 spiro atoms. The number of ether oxygens (including phenoxy) is 2. The van der Waals surface area contributed by atoms with E-state index in [2.05, 4.69) is 86.4 Å². The van der Waals surface area contributed by atoms with Gasteiger partial charge in [-0.15, -0.1) is 0 Å². The largest absolute Gasteiger partial charge is 0.396 e. The molecule has 4 unspecified atom stereocenters. The van der Waals surface area contributed by atoms with Gasteiger partial charge in [0.05, 0.1) is 12.2 Å². The Morgan fingerprint density at radius 1 is 0.812 bits per heavy atom. The molecule has 0 fully saturated rings. The van der Waals surface area contributed by atoms with E-state index in [0.29, 0.717) is 18.2 Å². The van der Waals surface area contributed by atoms with E-state index in [1.807, 2.05) is 0 Å². The van der Waals surface area contributed by atoms with E-state index >= 15 is 0 Å². The van der Waals surface area contributed by atoms with Gasteiger partial charge in [-0.2, -0.15) is 0 Å². The monoisotopic (exact) mass is 458 g/mol. The molecule has 0 aromatic heterocycles. The maximum atomic E-state index is 9.42. The van der Waals surface area contributed by atoms with Crippen LogP contribution in [0.4, 0.5) is 0 Å². The lowest BCUT2D eigenvalue weighted by atomic mass is 9.83. The summed E-state index contributed by atoms with van der Waals surface area (Å²) >= 11 is 0. The zero-order valence-electron chi connectivity index (χ0n) is 23.5. The van der Waals surface area contributed by atoms with Gasteiger partial charge in [-0.1, -0.05) is 20.8 Å². The fourth-order valence-electron chi connectivity index (χ4n) is 4.56. The minimum absolute atomic E-state index is 0.0171. The minimum atomic E-state index is -0.0826. The van der Waals surface area contributed by atoms with Crippen LogP contribution in [0.3, 0.4) is 0 Å². The summed E-state index contributed by atoms with van der Waals surface area (Å²) in [7, 11) is 0. The molecule has 5 nitrogen and oxygen atoms in total. The highest BCUT2D eigenvalue weighted by Gasteiger charge is 2.42. The highest BCUT2D eigenvalue weighted by Crippen LogP contribution is 2.35. The van der Waals surface area contributed by atoms with Crippen molar-refractivity contribution in [3.8, 4) is 0 Å². The molecule has 0 heterocycles. The Morgan fingerprint density at radius 2 is 1.31 bits per heavy atom. The third kappa shape index (κ3) is 11.3. The van der Waals surface area contributed by atoms with E-state index < -0.39 is 0 Å². The lowest BCUT2D eigenvalue weighted by molar-refractivity contribution is -0.0689. The van der Waals surface area contributed by atoms with Crippen LogP contribution in [-0.2, 0) is 9.47 Å². The predicted octanol–water partition coefficient (Wildman–Crippen LogP) is 5.79. The zero-order chi connectivity index (χ0) is 25.0. The molecule has 0 aromatic rings. The molecule has 0 aliphatic heterocycles. The topological polar surface area (TPSA) is 54.0 Å². The smallest absolute Gasteiger partial charge is 0.0544 e. The van der Waals surface area contributed by atoms with Crippen molar-refractivity contribution in [1.29, 1.82) is 0 Å². The van der Waals surface area contributed by atoms with E-state index in [1.165, 1.54) is 0 Å². The summed E-state index contributed by atoms with van der Waals surface area (Å²) in [5.41, 5.74) is -0.0762. The van der Waals surface area contributed by atoms with E-state index in [-0.39, 0.29) is 23.2 Å². The minimum Gasteiger partial charge on any atom is -0.396 e. The standard InChI is InChI=1S/C27H58N2O3/c1-12-23(5)31-19-16-26(9,10)29(22(4)21-28-25(7,8)15-18-30)27(11,14-3)17-20-32-24(6)13-2/h22-24,28,30H,12-21H2,1-11H3. The fraction of sp³-hybridized carbons (Fsp3) is 1.00. The summed E-state index contributed by atoms with van der Waals surface area (Å²) in [6.45, 7) is 27.4. The van der Waals surface area contributed by atoms with Crippen LogP contribution in [0.5, 0.6) is 0 Å². The average Bonchev–Trinajstić information content (AvgIpc) is 2.71. The third-order valence-electron chi connectivity index (χ3n) is 7.36.